The van der Waals surface area contributed by atoms with Gasteiger partial charge < -0.3 is 14.5 Å². The quantitative estimate of drug-likeness (QED) is 0.920. The first-order valence-corrected chi connectivity index (χ1v) is 7.44. The van der Waals surface area contributed by atoms with Gasteiger partial charge in [0.2, 0.25) is 0 Å². The molecule has 0 spiro atoms. The molecule has 1 aliphatic rings. The standard InChI is InChI=1S/C15H24N2O3/c1-10(2)14-9-13(16-20-14)15(19)17-7-5-4-6-12(17)8-11(3)18/h9-12,18H,4-8H2,1-3H3. The van der Waals surface area contributed by atoms with Crippen molar-refractivity contribution in [3.63, 3.8) is 0 Å². The lowest BCUT2D eigenvalue weighted by Gasteiger charge is -2.36. The molecule has 0 radical (unpaired) electrons. The van der Waals surface area contributed by atoms with Gasteiger partial charge in [0.05, 0.1) is 6.10 Å². The molecule has 1 saturated heterocycles. The van der Waals surface area contributed by atoms with E-state index in [1.807, 2.05) is 18.7 Å². The Hall–Kier alpha value is -1.36. The number of rotatable bonds is 4. The summed E-state index contributed by atoms with van der Waals surface area (Å²) in [6, 6.07) is 1.84. The van der Waals surface area contributed by atoms with Crippen molar-refractivity contribution in [2.24, 2.45) is 0 Å². The summed E-state index contributed by atoms with van der Waals surface area (Å²) < 4.78 is 5.21. The summed E-state index contributed by atoms with van der Waals surface area (Å²) in [5.74, 6) is 0.877. The molecule has 1 fully saturated rings. The fourth-order valence-corrected chi connectivity index (χ4v) is 2.72. The Balaban J connectivity index is 2.12. The summed E-state index contributed by atoms with van der Waals surface area (Å²) in [6.07, 6.45) is 3.30. The number of piperidine rings is 1. The van der Waals surface area contributed by atoms with E-state index in [-0.39, 0.29) is 17.9 Å². The van der Waals surface area contributed by atoms with Crippen molar-refractivity contribution < 1.29 is 14.4 Å². The number of carbonyl (C=O) groups is 1. The van der Waals surface area contributed by atoms with Crippen LogP contribution in [-0.2, 0) is 0 Å². The summed E-state index contributed by atoms with van der Waals surface area (Å²) in [4.78, 5) is 14.4. The zero-order valence-electron chi connectivity index (χ0n) is 12.5. The highest BCUT2D eigenvalue weighted by Crippen LogP contribution is 2.24. The number of aromatic nitrogens is 1. The molecule has 112 valence electrons. The Morgan fingerprint density at radius 3 is 2.85 bits per heavy atom. The van der Waals surface area contributed by atoms with Gasteiger partial charge in [-0.25, -0.2) is 0 Å². The zero-order chi connectivity index (χ0) is 14.7. The minimum Gasteiger partial charge on any atom is -0.393 e. The minimum absolute atomic E-state index is 0.0778. The second-order valence-corrected chi connectivity index (χ2v) is 6.00. The maximum Gasteiger partial charge on any atom is 0.276 e. The average Bonchev–Trinajstić information content (AvgIpc) is 2.87. The van der Waals surface area contributed by atoms with Gasteiger partial charge in [0.15, 0.2) is 5.69 Å². The second kappa shape index (κ2) is 6.39. The highest BCUT2D eigenvalue weighted by atomic mass is 16.5. The Labute approximate surface area is 119 Å². The maximum absolute atomic E-state index is 12.5. The summed E-state index contributed by atoms with van der Waals surface area (Å²) in [5, 5.41) is 13.5. The lowest BCUT2D eigenvalue weighted by atomic mass is 9.97. The molecule has 2 heterocycles. The van der Waals surface area contributed by atoms with Gasteiger partial charge in [-0.1, -0.05) is 19.0 Å². The molecule has 0 aliphatic carbocycles. The molecule has 0 bridgehead atoms. The van der Waals surface area contributed by atoms with Crippen LogP contribution >= 0.6 is 0 Å². The van der Waals surface area contributed by atoms with E-state index in [1.165, 1.54) is 0 Å². The van der Waals surface area contributed by atoms with E-state index in [1.54, 1.807) is 13.0 Å². The fraction of sp³-hybridized carbons (Fsp3) is 0.733. The molecule has 5 nitrogen and oxygen atoms in total. The number of amides is 1. The smallest absolute Gasteiger partial charge is 0.276 e. The van der Waals surface area contributed by atoms with Crippen LogP contribution in [0.15, 0.2) is 10.6 Å². The predicted octanol–water partition coefficient (Wildman–Crippen LogP) is 2.56. The number of aliphatic hydroxyl groups is 1. The van der Waals surface area contributed by atoms with Gasteiger partial charge in [-0.2, -0.15) is 0 Å². The van der Waals surface area contributed by atoms with E-state index in [2.05, 4.69) is 5.16 Å². The molecule has 1 aliphatic heterocycles. The van der Waals surface area contributed by atoms with Gasteiger partial charge in [-0.15, -0.1) is 0 Å². The number of carbonyl (C=O) groups excluding carboxylic acids is 1. The second-order valence-electron chi connectivity index (χ2n) is 6.00. The zero-order valence-corrected chi connectivity index (χ0v) is 12.5. The van der Waals surface area contributed by atoms with Crippen LogP contribution in [-0.4, -0.2) is 39.8 Å². The van der Waals surface area contributed by atoms with E-state index < -0.39 is 6.10 Å². The number of hydrogen-bond acceptors (Lipinski definition) is 4. The molecule has 20 heavy (non-hydrogen) atoms. The van der Waals surface area contributed by atoms with Crippen molar-refractivity contribution in [2.75, 3.05) is 6.54 Å². The van der Waals surface area contributed by atoms with Crippen LogP contribution in [0.2, 0.25) is 0 Å². The van der Waals surface area contributed by atoms with Crippen molar-refractivity contribution in [2.45, 2.75) is 64.5 Å². The molecule has 1 amide bonds. The minimum atomic E-state index is -0.392. The SMILES string of the molecule is CC(O)CC1CCCCN1C(=O)c1cc(C(C)C)on1. The molecule has 0 saturated carbocycles. The normalized spacial score (nSPS) is 21.2. The molecule has 5 heteroatoms. The number of hydrogen-bond donors (Lipinski definition) is 1. The molecular formula is C15H24N2O3. The van der Waals surface area contributed by atoms with Gasteiger partial charge in [0.1, 0.15) is 5.76 Å². The number of likely N-dealkylation sites (tertiary alicyclic amines) is 1. The van der Waals surface area contributed by atoms with Crippen LogP contribution in [0.5, 0.6) is 0 Å². The predicted molar refractivity (Wildman–Crippen MR) is 75.6 cm³/mol. The van der Waals surface area contributed by atoms with Crippen LogP contribution in [0, 0.1) is 0 Å². The topological polar surface area (TPSA) is 66.6 Å². The molecule has 1 N–H and O–H groups in total. The van der Waals surface area contributed by atoms with Crippen LogP contribution < -0.4 is 0 Å². The molecule has 1 aromatic heterocycles. The molecule has 0 aromatic carbocycles. The first-order chi connectivity index (χ1) is 9.49. The fourth-order valence-electron chi connectivity index (χ4n) is 2.72. The Morgan fingerprint density at radius 1 is 1.50 bits per heavy atom. The Bertz CT molecular complexity index is 454. The number of aliphatic hydroxyl groups excluding tert-OH is 1. The van der Waals surface area contributed by atoms with Gasteiger partial charge in [0, 0.05) is 24.6 Å². The van der Waals surface area contributed by atoms with Gasteiger partial charge >= 0.3 is 0 Å². The third-order valence-corrected chi connectivity index (χ3v) is 3.82. The Kier molecular flexibility index (Phi) is 4.81. The van der Waals surface area contributed by atoms with Crippen molar-refractivity contribution in [1.29, 1.82) is 0 Å². The average molecular weight is 280 g/mol. The lowest BCUT2D eigenvalue weighted by Crippen LogP contribution is -2.45. The maximum atomic E-state index is 12.5. The first-order valence-electron chi connectivity index (χ1n) is 7.44. The van der Waals surface area contributed by atoms with E-state index in [0.29, 0.717) is 12.1 Å². The molecule has 2 atom stereocenters. The third kappa shape index (κ3) is 3.39. The first kappa shape index (κ1) is 15.0. The molecular weight excluding hydrogens is 256 g/mol. The monoisotopic (exact) mass is 280 g/mol. The lowest BCUT2D eigenvalue weighted by molar-refractivity contribution is 0.0505. The van der Waals surface area contributed by atoms with Crippen LogP contribution in [0.3, 0.4) is 0 Å². The van der Waals surface area contributed by atoms with E-state index >= 15 is 0 Å². The van der Waals surface area contributed by atoms with Crippen LogP contribution in [0.1, 0.15) is 68.6 Å². The van der Waals surface area contributed by atoms with E-state index in [0.717, 1.165) is 31.6 Å². The van der Waals surface area contributed by atoms with Crippen molar-refractivity contribution in [1.82, 2.24) is 10.1 Å². The van der Waals surface area contributed by atoms with Crippen molar-refractivity contribution in [3.8, 4) is 0 Å². The number of nitrogens with zero attached hydrogens (tertiary/aromatic N) is 2. The van der Waals surface area contributed by atoms with Crippen LogP contribution in [0.4, 0.5) is 0 Å². The largest absolute Gasteiger partial charge is 0.393 e. The van der Waals surface area contributed by atoms with Gasteiger partial charge in [-0.3, -0.25) is 4.79 Å². The summed E-state index contributed by atoms with van der Waals surface area (Å²) in [6.45, 7) is 6.52. The highest BCUT2D eigenvalue weighted by molar-refractivity contribution is 5.92. The van der Waals surface area contributed by atoms with Gasteiger partial charge in [0.25, 0.3) is 5.91 Å². The summed E-state index contributed by atoms with van der Waals surface area (Å²) in [7, 11) is 0. The van der Waals surface area contributed by atoms with Crippen molar-refractivity contribution in [3.05, 3.63) is 17.5 Å². The molecule has 2 unspecified atom stereocenters. The Morgan fingerprint density at radius 2 is 2.25 bits per heavy atom. The van der Waals surface area contributed by atoms with Crippen molar-refractivity contribution >= 4 is 5.91 Å². The highest BCUT2D eigenvalue weighted by Gasteiger charge is 2.30. The third-order valence-electron chi connectivity index (χ3n) is 3.82. The summed E-state index contributed by atoms with van der Waals surface area (Å²) in [5.41, 5.74) is 0.381. The molecule has 1 aromatic rings. The van der Waals surface area contributed by atoms with Crippen LogP contribution in [0.25, 0.3) is 0 Å². The van der Waals surface area contributed by atoms with E-state index in [9.17, 15) is 9.90 Å². The van der Waals surface area contributed by atoms with E-state index in [4.69, 9.17) is 4.52 Å². The van der Waals surface area contributed by atoms with Gasteiger partial charge in [-0.05, 0) is 32.6 Å². The summed E-state index contributed by atoms with van der Waals surface area (Å²) >= 11 is 0. The molecule has 2 rings (SSSR count).